The molecule has 0 aromatic heterocycles. The molecule has 27 heavy (non-hydrogen) atoms. The number of hydrogen-bond acceptors (Lipinski definition) is 2. The molecule has 0 bridgehead atoms. The van der Waals surface area contributed by atoms with Crippen LogP contribution in [-0.4, -0.2) is 17.9 Å². The lowest BCUT2D eigenvalue weighted by atomic mass is 9.99. The molecule has 4 heteroatoms. The Hall–Kier alpha value is -3.40. The van der Waals surface area contributed by atoms with Gasteiger partial charge in [0, 0.05) is 11.1 Å². The zero-order valence-corrected chi connectivity index (χ0v) is 15.1. The predicted octanol–water partition coefficient (Wildman–Crippen LogP) is 3.98. The number of nitrogens with one attached hydrogen (secondary N) is 2. The lowest BCUT2D eigenvalue weighted by Crippen LogP contribution is -2.44. The average molecular weight is 358 g/mol. The van der Waals surface area contributed by atoms with E-state index in [9.17, 15) is 9.59 Å². The van der Waals surface area contributed by atoms with Crippen molar-refractivity contribution in [3.8, 4) is 0 Å². The van der Waals surface area contributed by atoms with Crippen LogP contribution >= 0.6 is 0 Å². The van der Waals surface area contributed by atoms with Crippen LogP contribution in [-0.2, 0) is 0 Å². The van der Waals surface area contributed by atoms with Crippen molar-refractivity contribution in [1.29, 1.82) is 0 Å². The molecule has 3 aromatic rings. The molecular weight excluding hydrogens is 336 g/mol. The zero-order chi connectivity index (χ0) is 19.1. The molecule has 2 atom stereocenters. The fraction of sp³-hybridized carbons (Fsp3) is 0.130. The summed E-state index contributed by atoms with van der Waals surface area (Å²) in [6.45, 7) is 1.89. The van der Waals surface area contributed by atoms with Crippen LogP contribution in [0.5, 0.6) is 0 Å². The molecule has 0 saturated heterocycles. The van der Waals surface area contributed by atoms with Crippen molar-refractivity contribution in [1.82, 2.24) is 10.6 Å². The average Bonchev–Trinajstić information content (AvgIpc) is 2.73. The maximum Gasteiger partial charge on any atom is 0.251 e. The van der Waals surface area contributed by atoms with Crippen LogP contribution < -0.4 is 10.6 Å². The lowest BCUT2D eigenvalue weighted by Gasteiger charge is -2.26. The summed E-state index contributed by atoms with van der Waals surface area (Å²) in [4.78, 5) is 25.2. The van der Waals surface area contributed by atoms with Gasteiger partial charge in [0.1, 0.15) is 0 Å². The van der Waals surface area contributed by atoms with Gasteiger partial charge in [0.05, 0.1) is 12.1 Å². The van der Waals surface area contributed by atoms with E-state index in [0.717, 1.165) is 5.56 Å². The Morgan fingerprint density at radius 1 is 0.630 bits per heavy atom. The zero-order valence-electron chi connectivity index (χ0n) is 15.1. The van der Waals surface area contributed by atoms with Crippen molar-refractivity contribution in [2.75, 3.05) is 0 Å². The van der Waals surface area contributed by atoms with Crippen molar-refractivity contribution < 1.29 is 9.59 Å². The molecule has 4 nitrogen and oxygen atoms in total. The third kappa shape index (κ3) is 4.82. The van der Waals surface area contributed by atoms with E-state index in [4.69, 9.17) is 0 Å². The second-order valence-electron chi connectivity index (χ2n) is 6.36. The van der Waals surface area contributed by atoms with E-state index in [-0.39, 0.29) is 23.9 Å². The molecule has 0 fully saturated rings. The Morgan fingerprint density at radius 3 is 1.52 bits per heavy atom. The van der Waals surface area contributed by atoms with Crippen molar-refractivity contribution >= 4 is 11.8 Å². The summed E-state index contributed by atoms with van der Waals surface area (Å²) >= 11 is 0. The molecule has 0 saturated carbocycles. The monoisotopic (exact) mass is 358 g/mol. The van der Waals surface area contributed by atoms with Crippen LogP contribution in [0.4, 0.5) is 0 Å². The first-order chi connectivity index (χ1) is 13.1. The second kappa shape index (κ2) is 8.81. The Balaban J connectivity index is 1.79. The maximum atomic E-state index is 12.7. The lowest BCUT2D eigenvalue weighted by molar-refractivity contribution is 0.0887. The van der Waals surface area contributed by atoms with E-state index in [1.54, 1.807) is 24.3 Å². The van der Waals surface area contributed by atoms with E-state index < -0.39 is 0 Å². The fourth-order valence-corrected chi connectivity index (χ4v) is 2.93. The van der Waals surface area contributed by atoms with Gasteiger partial charge in [-0.3, -0.25) is 9.59 Å². The second-order valence-corrected chi connectivity index (χ2v) is 6.36. The minimum Gasteiger partial charge on any atom is -0.347 e. The van der Waals surface area contributed by atoms with Gasteiger partial charge < -0.3 is 10.6 Å². The summed E-state index contributed by atoms with van der Waals surface area (Å²) < 4.78 is 0. The van der Waals surface area contributed by atoms with Crippen LogP contribution in [0, 0.1) is 0 Å². The highest BCUT2D eigenvalue weighted by molar-refractivity contribution is 5.95. The van der Waals surface area contributed by atoms with Crippen LogP contribution in [0.2, 0.25) is 0 Å². The van der Waals surface area contributed by atoms with Crippen LogP contribution in [0.1, 0.15) is 39.2 Å². The Kier molecular flexibility index (Phi) is 6.00. The molecule has 0 aliphatic rings. The quantitative estimate of drug-likeness (QED) is 0.700. The number of benzene rings is 3. The normalized spacial score (nSPS) is 12.6. The van der Waals surface area contributed by atoms with E-state index in [2.05, 4.69) is 10.6 Å². The minimum absolute atomic E-state index is 0.169. The van der Waals surface area contributed by atoms with E-state index in [0.29, 0.717) is 11.1 Å². The Morgan fingerprint density at radius 2 is 1.04 bits per heavy atom. The summed E-state index contributed by atoms with van der Waals surface area (Å²) in [6, 6.07) is 27.1. The minimum atomic E-state index is -0.355. The largest absolute Gasteiger partial charge is 0.347 e. The van der Waals surface area contributed by atoms with Gasteiger partial charge in [-0.05, 0) is 36.8 Å². The first kappa shape index (κ1) is 18.4. The van der Waals surface area contributed by atoms with Gasteiger partial charge in [0.15, 0.2) is 0 Å². The third-order valence-corrected chi connectivity index (χ3v) is 4.38. The van der Waals surface area contributed by atoms with Crippen LogP contribution in [0.3, 0.4) is 0 Å². The molecule has 0 unspecified atom stereocenters. The van der Waals surface area contributed by atoms with Crippen molar-refractivity contribution in [3.05, 3.63) is 108 Å². The van der Waals surface area contributed by atoms with Gasteiger partial charge in [-0.25, -0.2) is 0 Å². The topological polar surface area (TPSA) is 58.2 Å². The molecule has 3 rings (SSSR count). The van der Waals surface area contributed by atoms with Gasteiger partial charge in [0.25, 0.3) is 11.8 Å². The molecule has 0 aliphatic carbocycles. The third-order valence-electron chi connectivity index (χ3n) is 4.38. The summed E-state index contributed by atoms with van der Waals surface area (Å²) in [7, 11) is 0. The van der Waals surface area contributed by atoms with Gasteiger partial charge >= 0.3 is 0 Å². The number of carbonyl (C=O) groups is 2. The molecule has 0 radical (unpaired) electrons. The summed E-state index contributed by atoms with van der Waals surface area (Å²) in [5, 5.41) is 6.05. The van der Waals surface area contributed by atoms with Crippen LogP contribution in [0.25, 0.3) is 0 Å². The number of hydrogen-bond donors (Lipinski definition) is 2. The highest BCUT2D eigenvalue weighted by Gasteiger charge is 2.23. The molecule has 0 heterocycles. The molecule has 2 amide bonds. The number of amides is 2. The van der Waals surface area contributed by atoms with Gasteiger partial charge in [-0.15, -0.1) is 0 Å². The fourth-order valence-electron chi connectivity index (χ4n) is 2.93. The summed E-state index contributed by atoms with van der Waals surface area (Å²) in [5.41, 5.74) is 2.10. The Labute approximate surface area is 159 Å². The number of rotatable bonds is 6. The smallest absolute Gasteiger partial charge is 0.251 e. The number of carbonyl (C=O) groups excluding carboxylic acids is 2. The SMILES string of the molecule is C[C@@H](NC(=O)c1ccccc1)[C@H](NC(=O)c1ccccc1)c1ccccc1. The van der Waals surface area contributed by atoms with E-state index >= 15 is 0 Å². The van der Waals surface area contributed by atoms with Gasteiger partial charge in [-0.1, -0.05) is 66.7 Å². The van der Waals surface area contributed by atoms with Crippen molar-refractivity contribution in [2.24, 2.45) is 0 Å². The van der Waals surface area contributed by atoms with Gasteiger partial charge in [-0.2, -0.15) is 0 Å². The van der Waals surface area contributed by atoms with Gasteiger partial charge in [0.2, 0.25) is 0 Å². The van der Waals surface area contributed by atoms with Crippen molar-refractivity contribution in [2.45, 2.75) is 19.0 Å². The molecule has 136 valence electrons. The van der Waals surface area contributed by atoms with E-state index in [1.807, 2.05) is 73.7 Å². The standard InChI is InChI=1S/C23H22N2O2/c1-17(24-22(26)19-13-7-3-8-14-19)21(18-11-5-2-6-12-18)25-23(27)20-15-9-4-10-16-20/h2-17,21H,1H3,(H,24,26)(H,25,27)/t17-,21+/m1/s1. The highest BCUT2D eigenvalue weighted by Crippen LogP contribution is 2.18. The molecule has 0 spiro atoms. The van der Waals surface area contributed by atoms with E-state index in [1.165, 1.54) is 0 Å². The maximum absolute atomic E-state index is 12.7. The Bertz CT molecular complexity index is 880. The molecular formula is C23H22N2O2. The molecule has 3 aromatic carbocycles. The first-order valence-electron chi connectivity index (χ1n) is 8.92. The molecule has 0 aliphatic heterocycles. The summed E-state index contributed by atoms with van der Waals surface area (Å²) in [5.74, 6) is -0.344. The first-order valence-corrected chi connectivity index (χ1v) is 8.92. The molecule has 2 N–H and O–H groups in total. The van der Waals surface area contributed by atoms with Crippen molar-refractivity contribution in [3.63, 3.8) is 0 Å². The van der Waals surface area contributed by atoms with Crippen LogP contribution in [0.15, 0.2) is 91.0 Å². The predicted molar refractivity (Wildman–Crippen MR) is 106 cm³/mol. The highest BCUT2D eigenvalue weighted by atomic mass is 16.2. The summed E-state index contributed by atoms with van der Waals surface area (Å²) in [6.07, 6.45) is 0.